The van der Waals surface area contributed by atoms with Gasteiger partial charge in [-0.1, -0.05) is 47.7 Å². The van der Waals surface area contributed by atoms with Crippen molar-refractivity contribution in [3.05, 3.63) is 70.2 Å². The standard InChI is InChI=1S/C23H25N5O3S/c1-31-17-9-4-6-15(12-17)13-21-27-28-23(32-21)26-22(30)24-14-20(29)25-19-11-5-8-16-7-2-3-10-18(16)19/h2-4,6-7,9-10,12,19H,5,8,11,13-14H2,1H3,(H,25,29)(H2,24,26,28,30). The summed E-state index contributed by atoms with van der Waals surface area (Å²) in [5, 5.41) is 17.5. The summed E-state index contributed by atoms with van der Waals surface area (Å²) < 4.78 is 5.23. The van der Waals surface area contributed by atoms with E-state index in [1.807, 2.05) is 36.4 Å². The number of rotatable bonds is 7. The summed E-state index contributed by atoms with van der Waals surface area (Å²) in [4.78, 5) is 24.5. The van der Waals surface area contributed by atoms with Crippen molar-refractivity contribution < 1.29 is 14.3 Å². The van der Waals surface area contributed by atoms with Gasteiger partial charge < -0.3 is 15.4 Å². The Morgan fingerprint density at radius 1 is 1.16 bits per heavy atom. The number of aromatic nitrogens is 2. The fourth-order valence-electron chi connectivity index (χ4n) is 3.78. The summed E-state index contributed by atoms with van der Waals surface area (Å²) in [6.45, 7) is -0.111. The highest BCUT2D eigenvalue weighted by Gasteiger charge is 2.21. The average Bonchev–Trinajstić information content (AvgIpc) is 3.24. The first-order valence-electron chi connectivity index (χ1n) is 10.5. The van der Waals surface area contributed by atoms with Crippen LogP contribution in [-0.4, -0.2) is 35.8 Å². The summed E-state index contributed by atoms with van der Waals surface area (Å²) >= 11 is 1.29. The number of hydrogen-bond acceptors (Lipinski definition) is 6. The van der Waals surface area contributed by atoms with Gasteiger partial charge >= 0.3 is 6.03 Å². The molecule has 1 atom stereocenters. The van der Waals surface area contributed by atoms with E-state index in [0.717, 1.165) is 41.1 Å². The average molecular weight is 452 g/mol. The molecule has 0 aliphatic heterocycles. The number of urea groups is 1. The highest BCUT2D eigenvalue weighted by atomic mass is 32.1. The van der Waals surface area contributed by atoms with Crippen molar-refractivity contribution >= 4 is 28.4 Å². The molecular formula is C23H25N5O3S. The van der Waals surface area contributed by atoms with Gasteiger partial charge in [0.15, 0.2) is 0 Å². The van der Waals surface area contributed by atoms with Gasteiger partial charge in [-0.15, -0.1) is 10.2 Å². The minimum absolute atomic E-state index is 0.0142. The Balaban J connectivity index is 1.24. The monoisotopic (exact) mass is 451 g/mol. The second kappa shape index (κ2) is 10.2. The van der Waals surface area contributed by atoms with Crippen LogP contribution in [0.15, 0.2) is 48.5 Å². The molecule has 1 heterocycles. The van der Waals surface area contributed by atoms with Crippen molar-refractivity contribution in [3.63, 3.8) is 0 Å². The zero-order chi connectivity index (χ0) is 22.3. The van der Waals surface area contributed by atoms with E-state index in [1.165, 1.54) is 16.9 Å². The Bertz CT molecular complexity index is 1100. The third-order valence-corrected chi connectivity index (χ3v) is 6.13. The molecule has 0 saturated carbocycles. The molecule has 0 radical (unpaired) electrons. The summed E-state index contributed by atoms with van der Waals surface area (Å²) in [5.41, 5.74) is 3.47. The van der Waals surface area contributed by atoms with Crippen LogP contribution < -0.4 is 20.7 Å². The first kappa shape index (κ1) is 21.8. The molecule has 166 valence electrons. The van der Waals surface area contributed by atoms with Crippen LogP contribution in [0.3, 0.4) is 0 Å². The van der Waals surface area contributed by atoms with Crippen LogP contribution in [0.1, 0.15) is 40.6 Å². The third kappa shape index (κ3) is 5.61. The summed E-state index contributed by atoms with van der Waals surface area (Å²) in [6.07, 6.45) is 3.55. The highest BCUT2D eigenvalue weighted by Crippen LogP contribution is 2.29. The van der Waals surface area contributed by atoms with Crippen molar-refractivity contribution in [2.75, 3.05) is 19.0 Å². The van der Waals surface area contributed by atoms with Gasteiger partial charge in [0.2, 0.25) is 11.0 Å². The smallest absolute Gasteiger partial charge is 0.321 e. The highest BCUT2D eigenvalue weighted by molar-refractivity contribution is 7.15. The Labute approximate surface area is 190 Å². The Kier molecular flexibility index (Phi) is 6.96. The van der Waals surface area contributed by atoms with Gasteiger partial charge in [-0.3, -0.25) is 10.1 Å². The number of methoxy groups -OCH3 is 1. The van der Waals surface area contributed by atoms with Crippen molar-refractivity contribution in [2.24, 2.45) is 0 Å². The largest absolute Gasteiger partial charge is 0.497 e. The van der Waals surface area contributed by atoms with Gasteiger partial charge in [-0.25, -0.2) is 4.79 Å². The molecule has 32 heavy (non-hydrogen) atoms. The molecule has 1 aromatic heterocycles. The first-order valence-corrected chi connectivity index (χ1v) is 11.3. The normalized spacial score (nSPS) is 14.8. The minimum Gasteiger partial charge on any atom is -0.497 e. The number of ether oxygens (including phenoxy) is 1. The number of aryl methyl sites for hydroxylation is 1. The second-order valence-corrected chi connectivity index (χ2v) is 8.61. The second-order valence-electron chi connectivity index (χ2n) is 7.55. The maximum absolute atomic E-state index is 12.3. The van der Waals surface area contributed by atoms with Gasteiger partial charge in [0.05, 0.1) is 19.7 Å². The van der Waals surface area contributed by atoms with Gasteiger partial charge in [-0.2, -0.15) is 0 Å². The number of hydrogen-bond donors (Lipinski definition) is 3. The van der Waals surface area contributed by atoms with Gasteiger partial charge in [0.25, 0.3) is 0 Å². The molecule has 0 fully saturated rings. The molecule has 1 unspecified atom stereocenters. The topological polar surface area (TPSA) is 105 Å². The molecule has 4 rings (SSSR count). The van der Waals surface area contributed by atoms with E-state index in [2.05, 4.69) is 38.3 Å². The van der Waals surface area contributed by atoms with Gasteiger partial charge in [0.1, 0.15) is 10.8 Å². The summed E-state index contributed by atoms with van der Waals surface area (Å²) in [7, 11) is 1.62. The van der Waals surface area contributed by atoms with Crippen LogP contribution in [0, 0.1) is 0 Å². The van der Waals surface area contributed by atoms with Crippen LogP contribution in [0.5, 0.6) is 5.75 Å². The Morgan fingerprint density at radius 3 is 2.91 bits per heavy atom. The minimum atomic E-state index is -0.492. The molecule has 0 spiro atoms. The predicted molar refractivity (Wildman–Crippen MR) is 123 cm³/mol. The quantitative estimate of drug-likeness (QED) is 0.510. The van der Waals surface area contributed by atoms with Crippen LogP contribution in [-0.2, 0) is 17.6 Å². The molecule has 1 aliphatic rings. The van der Waals surface area contributed by atoms with Crippen LogP contribution >= 0.6 is 11.3 Å². The Morgan fingerprint density at radius 2 is 2.03 bits per heavy atom. The number of benzene rings is 2. The molecule has 2 aromatic carbocycles. The molecule has 1 aliphatic carbocycles. The molecule has 9 heteroatoms. The van der Waals surface area contributed by atoms with Crippen molar-refractivity contribution in [1.29, 1.82) is 0 Å². The predicted octanol–water partition coefficient (Wildman–Crippen LogP) is 3.45. The molecule has 0 saturated heterocycles. The van der Waals surface area contributed by atoms with E-state index >= 15 is 0 Å². The van der Waals surface area contributed by atoms with E-state index in [9.17, 15) is 9.59 Å². The lowest BCUT2D eigenvalue weighted by Gasteiger charge is -2.26. The molecular weight excluding hydrogens is 426 g/mol. The lowest BCUT2D eigenvalue weighted by atomic mass is 9.88. The summed E-state index contributed by atoms with van der Waals surface area (Å²) in [5.74, 6) is 0.553. The van der Waals surface area contributed by atoms with Crippen LogP contribution in [0.2, 0.25) is 0 Å². The van der Waals surface area contributed by atoms with E-state index in [-0.39, 0.29) is 18.5 Å². The lowest BCUT2D eigenvalue weighted by molar-refractivity contribution is -0.120. The lowest BCUT2D eigenvalue weighted by Crippen LogP contribution is -2.40. The maximum atomic E-state index is 12.3. The zero-order valence-corrected chi connectivity index (χ0v) is 18.6. The van der Waals surface area contributed by atoms with Crippen molar-refractivity contribution in [1.82, 2.24) is 20.8 Å². The summed E-state index contributed by atoms with van der Waals surface area (Å²) in [6, 6.07) is 15.4. The third-order valence-electron chi connectivity index (χ3n) is 5.29. The molecule has 8 nitrogen and oxygen atoms in total. The number of carbonyl (C=O) groups excluding carboxylic acids is 2. The molecule has 3 N–H and O–H groups in total. The zero-order valence-electron chi connectivity index (χ0n) is 17.8. The van der Waals surface area contributed by atoms with Gasteiger partial charge in [-0.05, 0) is 48.1 Å². The number of nitrogens with zero attached hydrogens (tertiary/aromatic N) is 2. The van der Waals surface area contributed by atoms with Crippen molar-refractivity contribution in [2.45, 2.75) is 31.7 Å². The number of nitrogens with one attached hydrogen (secondary N) is 3. The fraction of sp³-hybridized carbons (Fsp3) is 0.304. The Hall–Kier alpha value is -3.46. The van der Waals surface area contributed by atoms with Crippen LogP contribution in [0.25, 0.3) is 0 Å². The molecule has 3 aromatic rings. The molecule has 3 amide bonds. The van der Waals surface area contributed by atoms with E-state index in [0.29, 0.717) is 11.6 Å². The first-order chi connectivity index (χ1) is 15.6. The SMILES string of the molecule is COc1cccc(Cc2nnc(NC(=O)NCC(=O)NC3CCCc4ccccc43)s2)c1. The number of anilines is 1. The fourth-order valence-corrected chi connectivity index (χ4v) is 4.55. The number of fused-ring (bicyclic) bond motifs is 1. The van der Waals surface area contributed by atoms with E-state index < -0.39 is 6.03 Å². The maximum Gasteiger partial charge on any atom is 0.321 e. The van der Waals surface area contributed by atoms with E-state index in [1.54, 1.807) is 7.11 Å². The molecule has 0 bridgehead atoms. The van der Waals surface area contributed by atoms with E-state index in [4.69, 9.17) is 4.74 Å². The number of amides is 3. The van der Waals surface area contributed by atoms with Crippen LogP contribution in [0.4, 0.5) is 9.93 Å². The number of carbonyl (C=O) groups is 2. The van der Waals surface area contributed by atoms with Gasteiger partial charge in [0, 0.05) is 6.42 Å². The van der Waals surface area contributed by atoms with Crippen molar-refractivity contribution in [3.8, 4) is 5.75 Å².